The van der Waals surface area contributed by atoms with E-state index in [1.165, 1.54) is 10.9 Å². The van der Waals surface area contributed by atoms with Crippen molar-refractivity contribution in [3.63, 3.8) is 0 Å². The Morgan fingerprint density at radius 1 is 1.17 bits per heavy atom. The number of hydrogen-bond acceptors (Lipinski definition) is 0. The molecule has 0 saturated carbocycles. The molecular weight excluding hydrogens is 143 g/mol. The number of rotatable bonds is 1. The molecule has 0 bridgehead atoms. The van der Waals surface area contributed by atoms with Gasteiger partial charge in [-0.25, -0.2) is 0 Å². The molecule has 0 aromatic carbocycles. The van der Waals surface area contributed by atoms with Crippen molar-refractivity contribution in [2.45, 2.75) is 12.8 Å². The van der Waals surface area contributed by atoms with E-state index in [4.69, 9.17) is 0 Å². The van der Waals surface area contributed by atoms with Crippen LogP contribution in [0.15, 0.2) is 42.5 Å². The normalized spacial score (nSPS) is 15.4. The Morgan fingerprint density at radius 2 is 1.92 bits per heavy atom. The molecule has 0 N–H and O–H groups in total. The number of aryl methyl sites for hydroxylation is 1. The van der Waals surface area contributed by atoms with Gasteiger partial charge in [0, 0.05) is 0 Å². The minimum atomic E-state index is 0.505. The van der Waals surface area contributed by atoms with E-state index in [2.05, 4.69) is 56.3 Å². The third-order valence-electron chi connectivity index (χ3n) is 2.18. The van der Waals surface area contributed by atoms with Crippen LogP contribution in [0, 0.1) is 6.92 Å². The maximum atomic E-state index is 2.24. The molecule has 2 rings (SSSR count). The van der Waals surface area contributed by atoms with Gasteiger partial charge in [0.2, 0.25) is 0 Å². The van der Waals surface area contributed by atoms with Crippen LogP contribution in [0.1, 0.15) is 16.8 Å². The standard InChI is InChI=1S/C11H11B/c1-9-5-4-8-11(12-9)10-6-2-3-7-10/h2-8,10H,1H3. The van der Waals surface area contributed by atoms with Gasteiger partial charge in [-0.15, -0.1) is 0 Å². The fourth-order valence-electron chi connectivity index (χ4n) is 1.53. The Balaban J connectivity index is 2.34. The van der Waals surface area contributed by atoms with E-state index in [1.807, 2.05) is 0 Å². The molecule has 0 atom stereocenters. The molecule has 1 heteroatoms. The van der Waals surface area contributed by atoms with E-state index in [0.717, 1.165) is 0 Å². The average Bonchev–Trinajstić information content (AvgIpc) is 2.56. The van der Waals surface area contributed by atoms with Crippen molar-refractivity contribution in [3.05, 3.63) is 53.4 Å². The van der Waals surface area contributed by atoms with Gasteiger partial charge in [0.05, 0.1) is 0 Å². The van der Waals surface area contributed by atoms with Crippen LogP contribution in [0.4, 0.5) is 0 Å². The zero-order valence-electron chi connectivity index (χ0n) is 7.20. The first-order chi connectivity index (χ1) is 5.86. The van der Waals surface area contributed by atoms with Crippen LogP contribution < -0.4 is 0 Å². The monoisotopic (exact) mass is 154 g/mol. The molecule has 0 nitrogen and oxygen atoms in total. The predicted molar refractivity (Wildman–Crippen MR) is 53.5 cm³/mol. The summed E-state index contributed by atoms with van der Waals surface area (Å²) in [6.45, 7) is 4.37. The molecule has 12 heavy (non-hydrogen) atoms. The van der Waals surface area contributed by atoms with Crippen molar-refractivity contribution >= 4 is 6.91 Å². The van der Waals surface area contributed by atoms with Crippen LogP contribution in [-0.2, 0) is 0 Å². The zero-order valence-corrected chi connectivity index (χ0v) is 7.20. The molecular formula is C11H11B. The summed E-state index contributed by atoms with van der Waals surface area (Å²) in [7, 11) is 0. The van der Waals surface area contributed by atoms with Gasteiger partial charge in [-0.2, -0.15) is 0 Å². The van der Waals surface area contributed by atoms with Gasteiger partial charge >= 0.3 is 73.2 Å². The van der Waals surface area contributed by atoms with Crippen molar-refractivity contribution < 1.29 is 0 Å². The summed E-state index contributed by atoms with van der Waals surface area (Å²) in [5.41, 5.74) is 2.72. The Bertz CT molecular complexity index is 325. The molecule has 1 aromatic rings. The van der Waals surface area contributed by atoms with Crippen LogP contribution >= 0.6 is 0 Å². The van der Waals surface area contributed by atoms with Crippen LogP contribution in [0.5, 0.6) is 0 Å². The molecule has 0 radical (unpaired) electrons. The predicted octanol–water partition coefficient (Wildman–Crippen LogP) is 2.54. The average molecular weight is 154 g/mol. The Labute approximate surface area is 73.8 Å². The second-order valence-electron chi connectivity index (χ2n) is 3.21. The van der Waals surface area contributed by atoms with E-state index in [1.54, 1.807) is 0 Å². The fourth-order valence-corrected chi connectivity index (χ4v) is 1.53. The van der Waals surface area contributed by atoms with Crippen LogP contribution in [-0.4, -0.2) is 6.91 Å². The number of allylic oxidation sites excluding steroid dienone is 4. The summed E-state index contributed by atoms with van der Waals surface area (Å²) in [6.07, 6.45) is 8.64. The molecule has 1 aliphatic rings. The van der Waals surface area contributed by atoms with Crippen LogP contribution in [0.2, 0.25) is 0 Å². The van der Waals surface area contributed by atoms with Crippen molar-refractivity contribution in [3.8, 4) is 0 Å². The summed E-state index contributed by atoms with van der Waals surface area (Å²) in [5.74, 6) is 0.505. The van der Waals surface area contributed by atoms with Gasteiger partial charge in [-0.05, 0) is 0 Å². The zero-order chi connectivity index (χ0) is 8.39. The quantitative estimate of drug-likeness (QED) is 0.583. The van der Waals surface area contributed by atoms with Crippen LogP contribution in [0.3, 0.4) is 0 Å². The first-order valence-electron chi connectivity index (χ1n) is 4.28. The third kappa shape index (κ3) is 1.40. The van der Waals surface area contributed by atoms with Crippen molar-refractivity contribution in [1.82, 2.24) is 0 Å². The van der Waals surface area contributed by atoms with E-state index in [0.29, 0.717) is 5.92 Å². The van der Waals surface area contributed by atoms with Gasteiger partial charge in [0.1, 0.15) is 0 Å². The summed E-state index contributed by atoms with van der Waals surface area (Å²) in [5, 5.41) is 0. The molecule has 0 fully saturated rings. The summed E-state index contributed by atoms with van der Waals surface area (Å²) in [4.78, 5) is 0. The minimum absolute atomic E-state index is 0.505. The van der Waals surface area contributed by atoms with E-state index in [-0.39, 0.29) is 0 Å². The van der Waals surface area contributed by atoms with Gasteiger partial charge in [0.25, 0.3) is 0 Å². The van der Waals surface area contributed by atoms with E-state index >= 15 is 0 Å². The first-order valence-corrected chi connectivity index (χ1v) is 4.28. The Hall–Kier alpha value is -1.11. The van der Waals surface area contributed by atoms with Gasteiger partial charge < -0.3 is 0 Å². The number of hydrogen-bond donors (Lipinski definition) is 0. The molecule has 0 saturated heterocycles. The van der Waals surface area contributed by atoms with Crippen LogP contribution in [0.25, 0.3) is 0 Å². The van der Waals surface area contributed by atoms with Gasteiger partial charge in [-0.3, -0.25) is 0 Å². The molecule has 1 aromatic heterocycles. The van der Waals surface area contributed by atoms with Gasteiger partial charge in [0.15, 0.2) is 0 Å². The summed E-state index contributed by atoms with van der Waals surface area (Å²) in [6, 6.07) is 6.42. The molecule has 0 aliphatic heterocycles. The van der Waals surface area contributed by atoms with Crippen molar-refractivity contribution in [2.24, 2.45) is 0 Å². The maximum absolute atomic E-state index is 2.24. The van der Waals surface area contributed by atoms with E-state index < -0.39 is 0 Å². The Kier molecular flexibility index (Phi) is 1.95. The van der Waals surface area contributed by atoms with E-state index in [9.17, 15) is 0 Å². The van der Waals surface area contributed by atoms with Gasteiger partial charge in [-0.1, -0.05) is 0 Å². The molecule has 58 valence electrons. The van der Waals surface area contributed by atoms with Crippen molar-refractivity contribution in [1.29, 1.82) is 0 Å². The second kappa shape index (κ2) is 3.10. The SMILES string of the molecule is Cc1bc(C2C=CC=C2)ccc1. The molecule has 0 spiro atoms. The second-order valence-corrected chi connectivity index (χ2v) is 3.21. The molecule has 1 aliphatic carbocycles. The molecule has 1 heterocycles. The molecule has 0 amide bonds. The fraction of sp³-hybridized carbons (Fsp3) is 0.182. The van der Waals surface area contributed by atoms with Crippen molar-refractivity contribution in [2.75, 3.05) is 0 Å². The molecule has 0 unspecified atom stereocenters. The third-order valence-corrected chi connectivity index (χ3v) is 2.18. The summed E-state index contributed by atoms with van der Waals surface area (Å²) < 4.78 is 0. The Morgan fingerprint density at radius 3 is 2.58 bits per heavy atom. The summed E-state index contributed by atoms with van der Waals surface area (Å²) >= 11 is 0. The topological polar surface area (TPSA) is 0 Å². The first kappa shape index (κ1) is 7.54.